The molecule has 2 unspecified atom stereocenters. The first-order valence-corrected chi connectivity index (χ1v) is 10.8. The molecule has 146 valence electrons. The molecule has 2 aromatic rings. The maximum Gasteiger partial charge on any atom is 0.0144 e. The van der Waals surface area contributed by atoms with Crippen LogP contribution in [0.4, 0.5) is 0 Å². The Hall–Kier alpha value is -2.48. The highest BCUT2D eigenvalue weighted by Gasteiger charge is 2.22. The third kappa shape index (κ3) is 5.07. The molecule has 2 aromatic carbocycles. The maximum absolute atomic E-state index is 3.67. The van der Waals surface area contributed by atoms with Crippen LogP contribution in [-0.4, -0.2) is 13.1 Å². The zero-order valence-electron chi connectivity index (χ0n) is 16.7. The molecule has 2 atom stereocenters. The van der Waals surface area contributed by atoms with Crippen molar-refractivity contribution >= 4 is 0 Å². The van der Waals surface area contributed by atoms with Gasteiger partial charge in [-0.2, -0.15) is 0 Å². The van der Waals surface area contributed by atoms with Gasteiger partial charge in [0.25, 0.3) is 0 Å². The molecule has 2 nitrogen and oxygen atoms in total. The van der Waals surface area contributed by atoms with Crippen LogP contribution in [0.1, 0.15) is 36.8 Å². The molecule has 0 amide bonds. The van der Waals surface area contributed by atoms with E-state index in [1.807, 2.05) is 0 Å². The van der Waals surface area contributed by atoms with Crippen LogP contribution in [-0.2, 0) is 12.8 Å². The smallest absolute Gasteiger partial charge is 0.0144 e. The Labute approximate surface area is 169 Å². The van der Waals surface area contributed by atoms with Crippen molar-refractivity contribution in [2.75, 3.05) is 13.1 Å². The minimum absolute atomic E-state index is 0.694. The number of benzene rings is 2. The highest BCUT2D eigenvalue weighted by atomic mass is 14.9. The number of nitrogens with one attached hydrogen (secondary N) is 2. The van der Waals surface area contributed by atoms with E-state index in [1.165, 1.54) is 48.2 Å². The average Bonchev–Trinajstić information content (AvgIpc) is 2.72. The summed E-state index contributed by atoms with van der Waals surface area (Å²) < 4.78 is 0. The van der Waals surface area contributed by atoms with Gasteiger partial charge in [0.1, 0.15) is 0 Å². The molecular formula is C26H32N2. The Morgan fingerprint density at radius 1 is 0.607 bits per heavy atom. The van der Waals surface area contributed by atoms with Crippen LogP contribution in [0.3, 0.4) is 0 Å². The van der Waals surface area contributed by atoms with Crippen molar-refractivity contribution in [1.29, 1.82) is 0 Å². The van der Waals surface area contributed by atoms with E-state index < -0.39 is 0 Å². The fourth-order valence-corrected chi connectivity index (χ4v) is 4.14. The van der Waals surface area contributed by atoms with Gasteiger partial charge in [0.05, 0.1) is 0 Å². The summed E-state index contributed by atoms with van der Waals surface area (Å²) in [4.78, 5) is 0. The monoisotopic (exact) mass is 372 g/mol. The van der Waals surface area contributed by atoms with E-state index in [1.54, 1.807) is 0 Å². The summed E-state index contributed by atoms with van der Waals surface area (Å²) >= 11 is 0. The molecule has 2 aliphatic rings. The van der Waals surface area contributed by atoms with Gasteiger partial charge in [0.2, 0.25) is 0 Å². The lowest BCUT2D eigenvalue weighted by Crippen LogP contribution is -2.30. The van der Waals surface area contributed by atoms with Gasteiger partial charge in [0, 0.05) is 36.3 Å². The summed E-state index contributed by atoms with van der Waals surface area (Å²) in [7, 11) is 0. The molecule has 0 aromatic heterocycles. The summed E-state index contributed by atoms with van der Waals surface area (Å²) in [5.41, 5.74) is 5.81. The van der Waals surface area contributed by atoms with Gasteiger partial charge in [-0.05, 0) is 49.7 Å². The topological polar surface area (TPSA) is 24.1 Å². The number of unbranched alkanes of at least 4 members (excludes halogenated alkanes) is 1. The Morgan fingerprint density at radius 3 is 1.39 bits per heavy atom. The lowest BCUT2D eigenvalue weighted by atomic mass is 9.84. The zero-order chi connectivity index (χ0) is 19.0. The van der Waals surface area contributed by atoms with Gasteiger partial charge in [-0.15, -0.1) is 0 Å². The number of hydrogen-bond donors (Lipinski definition) is 2. The van der Waals surface area contributed by atoms with E-state index in [0.29, 0.717) is 11.8 Å². The second kappa shape index (κ2) is 9.64. The molecule has 0 heterocycles. The molecule has 0 radical (unpaired) electrons. The first-order chi connectivity index (χ1) is 13.9. The number of allylic oxidation sites excluding steroid dienone is 4. The third-order valence-electron chi connectivity index (χ3n) is 6.04. The van der Waals surface area contributed by atoms with Crippen LogP contribution in [0.2, 0.25) is 0 Å². The summed E-state index contributed by atoms with van der Waals surface area (Å²) in [6.07, 6.45) is 11.9. The van der Waals surface area contributed by atoms with Crippen molar-refractivity contribution in [2.24, 2.45) is 11.8 Å². The van der Waals surface area contributed by atoms with Gasteiger partial charge < -0.3 is 10.6 Å². The van der Waals surface area contributed by atoms with E-state index in [4.69, 9.17) is 0 Å². The standard InChI is InChI=1S/C26H32N2/c1-3-9-21(10-4-1)19-23-13-15-25(23)27-17-7-8-18-28-26-16-14-24(26)20-22-11-5-2-6-12-22/h1-6,9-12,15-16,23-24,27-28H,7-8,13-14,17-20H2. The predicted molar refractivity (Wildman–Crippen MR) is 118 cm³/mol. The van der Waals surface area contributed by atoms with Gasteiger partial charge in [-0.3, -0.25) is 0 Å². The molecule has 2 N–H and O–H groups in total. The van der Waals surface area contributed by atoms with Gasteiger partial charge in [-0.25, -0.2) is 0 Å². The number of rotatable bonds is 11. The molecule has 2 heteroatoms. The first kappa shape index (κ1) is 18.9. The van der Waals surface area contributed by atoms with E-state index in [-0.39, 0.29) is 0 Å². The second-order valence-electron chi connectivity index (χ2n) is 8.12. The normalized spacial score (nSPS) is 20.4. The van der Waals surface area contributed by atoms with Crippen LogP contribution < -0.4 is 10.6 Å². The van der Waals surface area contributed by atoms with E-state index in [9.17, 15) is 0 Å². The van der Waals surface area contributed by atoms with Crippen molar-refractivity contribution in [2.45, 2.75) is 38.5 Å². The molecule has 0 fully saturated rings. The second-order valence-corrected chi connectivity index (χ2v) is 8.12. The third-order valence-corrected chi connectivity index (χ3v) is 6.04. The largest absolute Gasteiger partial charge is 0.388 e. The summed E-state index contributed by atoms with van der Waals surface area (Å²) in [5, 5.41) is 7.33. The SMILES string of the molecule is C1=C(NCCCCNC2=CCC2Cc2ccccc2)C(Cc2ccccc2)C1. The number of hydrogen-bond acceptors (Lipinski definition) is 2. The lowest BCUT2D eigenvalue weighted by molar-refractivity contribution is 0.482. The summed E-state index contributed by atoms with van der Waals surface area (Å²) in [6, 6.07) is 21.7. The van der Waals surface area contributed by atoms with E-state index >= 15 is 0 Å². The summed E-state index contributed by atoms with van der Waals surface area (Å²) in [6.45, 7) is 2.18. The zero-order valence-corrected chi connectivity index (χ0v) is 16.7. The first-order valence-electron chi connectivity index (χ1n) is 10.8. The molecule has 4 rings (SSSR count). The average molecular weight is 373 g/mol. The van der Waals surface area contributed by atoms with Gasteiger partial charge in [-0.1, -0.05) is 72.8 Å². The Kier molecular flexibility index (Phi) is 6.49. The highest BCUT2D eigenvalue weighted by Crippen LogP contribution is 2.29. The Balaban J connectivity index is 1.07. The van der Waals surface area contributed by atoms with Crippen LogP contribution in [0.5, 0.6) is 0 Å². The fourth-order valence-electron chi connectivity index (χ4n) is 4.14. The predicted octanol–water partition coefficient (Wildman–Crippen LogP) is 5.24. The molecule has 0 spiro atoms. The Morgan fingerprint density at radius 2 is 1.04 bits per heavy atom. The lowest BCUT2D eigenvalue weighted by Gasteiger charge is -2.29. The van der Waals surface area contributed by atoms with Crippen LogP contribution in [0, 0.1) is 11.8 Å². The van der Waals surface area contributed by atoms with Gasteiger partial charge in [0.15, 0.2) is 0 Å². The van der Waals surface area contributed by atoms with E-state index in [0.717, 1.165) is 25.9 Å². The van der Waals surface area contributed by atoms with Gasteiger partial charge >= 0.3 is 0 Å². The van der Waals surface area contributed by atoms with Crippen molar-refractivity contribution in [3.8, 4) is 0 Å². The molecule has 0 saturated heterocycles. The molecule has 28 heavy (non-hydrogen) atoms. The minimum atomic E-state index is 0.694. The quantitative estimate of drug-likeness (QED) is 0.527. The Bertz CT molecular complexity index is 722. The molecular weight excluding hydrogens is 340 g/mol. The maximum atomic E-state index is 3.67. The molecule has 2 aliphatic carbocycles. The van der Waals surface area contributed by atoms with Crippen molar-refractivity contribution in [3.05, 3.63) is 95.3 Å². The molecule has 0 bridgehead atoms. The summed E-state index contributed by atoms with van der Waals surface area (Å²) in [5.74, 6) is 1.39. The fraction of sp³-hybridized carbons (Fsp3) is 0.385. The van der Waals surface area contributed by atoms with Crippen LogP contribution in [0.15, 0.2) is 84.2 Å². The van der Waals surface area contributed by atoms with Crippen LogP contribution in [0.25, 0.3) is 0 Å². The van der Waals surface area contributed by atoms with Crippen molar-refractivity contribution in [3.63, 3.8) is 0 Å². The van der Waals surface area contributed by atoms with Crippen molar-refractivity contribution < 1.29 is 0 Å². The minimum Gasteiger partial charge on any atom is -0.388 e. The highest BCUT2D eigenvalue weighted by molar-refractivity contribution is 5.24. The molecule has 0 aliphatic heterocycles. The van der Waals surface area contributed by atoms with Crippen LogP contribution >= 0.6 is 0 Å². The van der Waals surface area contributed by atoms with Crippen molar-refractivity contribution in [1.82, 2.24) is 10.6 Å². The van der Waals surface area contributed by atoms with E-state index in [2.05, 4.69) is 83.4 Å². The molecule has 0 saturated carbocycles.